The molecule has 35 heavy (non-hydrogen) atoms. The van der Waals surface area contributed by atoms with E-state index in [0.717, 1.165) is 32.1 Å². The Hall–Kier alpha value is -3.41. The summed E-state index contributed by atoms with van der Waals surface area (Å²) >= 11 is 0. The monoisotopic (exact) mass is 482 g/mol. The Morgan fingerprint density at radius 2 is 1.94 bits per heavy atom. The number of aromatic nitrogens is 3. The summed E-state index contributed by atoms with van der Waals surface area (Å²) in [6, 6.07) is 3.11. The van der Waals surface area contributed by atoms with Crippen molar-refractivity contribution < 1.29 is 14.6 Å². The molecule has 186 valence electrons. The Kier molecular flexibility index (Phi) is 7.10. The Morgan fingerprint density at radius 3 is 2.49 bits per heavy atom. The van der Waals surface area contributed by atoms with Crippen molar-refractivity contribution in [3.05, 3.63) is 41.7 Å². The molecule has 4 heterocycles. The second-order valence-corrected chi connectivity index (χ2v) is 8.78. The molecule has 10 nitrogen and oxygen atoms in total. The van der Waals surface area contributed by atoms with E-state index in [9.17, 15) is 9.50 Å². The number of rotatable bonds is 5. The summed E-state index contributed by atoms with van der Waals surface area (Å²) in [5.74, 6) is 1.88. The summed E-state index contributed by atoms with van der Waals surface area (Å²) in [4.78, 5) is 23.0. The fraction of sp³-hybridized carbons (Fsp3) is 0.417. The number of aliphatic hydroxyl groups excluding tert-OH is 2. The van der Waals surface area contributed by atoms with Gasteiger partial charge in [0.1, 0.15) is 29.3 Å². The number of aromatic amines is 1. The van der Waals surface area contributed by atoms with Crippen LogP contribution in [0.25, 0.3) is 10.9 Å². The van der Waals surface area contributed by atoms with Gasteiger partial charge in [0.2, 0.25) is 0 Å². The predicted octanol–water partition coefficient (Wildman–Crippen LogP) is 2.49. The highest BCUT2D eigenvalue weighted by atomic mass is 19.1. The molecule has 3 aromatic rings. The lowest BCUT2D eigenvalue weighted by Gasteiger charge is -2.52. The Balaban J connectivity index is 0.00000141. The van der Waals surface area contributed by atoms with Gasteiger partial charge in [-0.3, -0.25) is 0 Å². The van der Waals surface area contributed by atoms with E-state index in [4.69, 9.17) is 15.8 Å². The van der Waals surface area contributed by atoms with E-state index in [1.807, 2.05) is 0 Å². The van der Waals surface area contributed by atoms with Crippen LogP contribution in [0.3, 0.4) is 0 Å². The van der Waals surface area contributed by atoms with Gasteiger partial charge in [-0.1, -0.05) is 0 Å². The highest BCUT2D eigenvalue weighted by Gasteiger charge is 2.45. The number of hydrogen-bond acceptors (Lipinski definition) is 8. The van der Waals surface area contributed by atoms with Crippen LogP contribution in [-0.4, -0.2) is 75.9 Å². The number of aliphatic imine (C=N–C) groups is 2. The molecule has 0 amide bonds. The van der Waals surface area contributed by atoms with Crippen molar-refractivity contribution in [2.24, 2.45) is 27.6 Å². The van der Waals surface area contributed by atoms with Crippen LogP contribution in [0, 0.1) is 17.7 Å². The van der Waals surface area contributed by atoms with E-state index >= 15 is 0 Å². The summed E-state index contributed by atoms with van der Waals surface area (Å²) in [6.45, 7) is 6.83. The maximum Gasteiger partial charge on any atom is 0.156 e. The molecule has 6 N–H and O–H groups in total. The maximum absolute atomic E-state index is 14.5. The van der Waals surface area contributed by atoms with Crippen molar-refractivity contribution in [3.63, 3.8) is 0 Å². The molecule has 2 aromatic heterocycles. The first kappa shape index (κ1) is 24.7. The quantitative estimate of drug-likeness (QED) is 0.277. The van der Waals surface area contributed by atoms with Crippen molar-refractivity contribution >= 4 is 40.6 Å². The SMILES string of the molecule is C=Nc1[nH]c2c(NC)cc(F)cc2c1C(=Nc1cnc(C(C)O)nc1)N1CC2CC(C1)C2N.CO. The average Bonchev–Trinajstić information content (AvgIpc) is 3.25. The van der Waals surface area contributed by atoms with Crippen LogP contribution in [0.2, 0.25) is 0 Å². The molecular formula is C24H31FN8O2. The number of anilines is 1. The number of nitrogens with one attached hydrogen (secondary N) is 2. The number of piperidine rings is 2. The molecular weight excluding hydrogens is 451 g/mol. The molecule has 1 aliphatic carbocycles. The first-order chi connectivity index (χ1) is 16.9. The van der Waals surface area contributed by atoms with Crippen LogP contribution in [0.5, 0.6) is 0 Å². The Morgan fingerprint density at radius 1 is 1.29 bits per heavy atom. The first-order valence-electron chi connectivity index (χ1n) is 11.4. The molecule has 3 aliphatic rings. The third kappa shape index (κ3) is 4.49. The van der Waals surface area contributed by atoms with Crippen LogP contribution in [0.15, 0.2) is 34.5 Å². The van der Waals surface area contributed by atoms with E-state index < -0.39 is 6.10 Å². The summed E-state index contributed by atoms with van der Waals surface area (Å²) in [7, 11) is 2.74. The molecule has 2 bridgehead atoms. The summed E-state index contributed by atoms with van der Waals surface area (Å²) in [5, 5.41) is 20.4. The molecule has 11 heteroatoms. The summed E-state index contributed by atoms with van der Waals surface area (Å²) < 4.78 is 14.5. The van der Waals surface area contributed by atoms with E-state index in [1.165, 1.54) is 12.1 Å². The molecule has 2 aliphatic heterocycles. The number of aliphatic hydroxyl groups is 2. The Bertz CT molecular complexity index is 1230. The smallest absolute Gasteiger partial charge is 0.156 e. The van der Waals surface area contributed by atoms with E-state index in [0.29, 0.717) is 51.6 Å². The van der Waals surface area contributed by atoms with Gasteiger partial charge in [0.05, 0.1) is 29.2 Å². The number of nitrogens with two attached hydrogens (primary N) is 1. The number of benzene rings is 1. The minimum atomic E-state index is -0.772. The van der Waals surface area contributed by atoms with Crippen LogP contribution in [0.1, 0.15) is 30.8 Å². The van der Waals surface area contributed by atoms with Crippen molar-refractivity contribution in [3.8, 4) is 0 Å². The predicted molar refractivity (Wildman–Crippen MR) is 135 cm³/mol. The van der Waals surface area contributed by atoms with Crippen LogP contribution in [-0.2, 0) is 0 Å². The number of fused-ring (bicyclic) bond motifs is 3. The fourth-order valence-electron chi connectivity index (χ4n) is 4.90. The minimum Gasteiger partial charge on any atom is -0.400 e. The van der Waals surface area contributed by atoms with E-state index in [1.54, 1.807) is 26.4 Å². The van der Waals surface area contributed by atoms with Gasteiger partial charge in [-0.05, 0) is 44.0 Å². The molecule has 2 saturated heterocycles. The normalized spacial score (nSPS) is 22.2. The van der Waals surface area contributed by atoms with Crippen molar-refractivity contribution in [2.75, 3.05) is 32.6 Å². The standard InChI is InChI=1S/C23H27FN8O.CH4O/c1-11(33)21-28-7-15(8-29-21)30-23(32-9-12-4-13(10-32)19(12)25)18-16-5-14(24)6-17(26-2)20(16)31-22(18)27-3;1-2/h5-8,11-13,19,26,31,33H,3-4,9-10,25H2,1-2H3;2H,1H3. The second-order valence-electron chi connectivity index (χ2n) is 8.78. The molecule has 1 saturated carbocycles. The number of nitrogens with zero attached hydrogens (tertiary/aromatic N) is 5. The second kappa shape index (κ2) is 10.1. The lowest BCUT2D eigenvalue weighted by molar-refractivity contribution is 0.0394. The third-order valence-corrected chi connectivity index (χ3v) is 6.67. The highest BCUT2D eigenvalue weighted by Crippen LogP contribution is 2.41. The van der Waals surface area contributed by atoms with Gasteiger partial charge in [-0.25, -0.2) is 24.3 Å². The lowest BCUT2D eigenvalue weighted by atomic mass is 9.66. The van der Waals surface area contributed by atoms with Gasteiger partial charge in [-0.15, -0.1) is 0 Å². The van der Waals surface area contributed by atoms with Gasteiger partial charge in [0, 0.05) is 38.7 Å². The van der Waals surface area contributed by atoms with E-state index in [2.05, 4.69) is 36.9 Å². The zero-order valence-corrected chi connectivity index (χ0v) is 20.0. The van der Waals surface area contributed by atoms with Gasteiger partial charge < -0.3 is 31.1 Å². The molecule has 0 radical (unpaired) electrons. The molecule has 1 aromatic carbocycles. The molecule has 0 spiro atoms. The van der Waals surface area contributed by atoms with Crippen LogP contribution in [0.4, 0.5) is 21.6 Å². The van der Waals surface area contributed by atoms with Gasteiger partial charge in [0.25, 0.3) is 0 Å². The summed E-state index contributed by atoms with van der Waals surface area (Å²) in [5.41, 5.74) is 8.85. The van der Waals surface area contributed by atoms with E-state index in [-0.39, 0.29) is 11.9 Å². The van der Waals surface area contributed by atoms with Gasteiger partial charge >= 0.3 is 0 Å². The van der Waals surface area contributed by atoms with Crippen LogP contribution < -0.4 is 11.1 Å². The van der Waals surface area contributed by atoms with Gasteiger partial charge in [0.15, 0.2) is 5.82 Å². The topological polar surface area (TPSA) is 148 Å². The summed E-state index contributed by atoms with van der Waals surface area (Å²) in [6.07, 6.45) is 3.48. The maximum atomic E-state index is 14.5. The zero-order valence-electron chi connectivity index (χ0n) is 20.0. The van der Waals surface area contributed by atoms with Crippen molar-refractivity contribution in [2.45, 2.75) is 25.5 Å². The molecule has 3 unspecified atom stereocenters. The molecule has 6 rings (SSSR count). The first-order valence-corrected chi connectivity index (χ1v) is 11.4. The lowest BCUT2D eigenvalue weighted by Crippen LogP contribution is -2.63. The van der Waals surface area contributed by atoms with Gasteiger partial charge in [-0.2, -0.15) is 0 Å². The largest absolute Gasteiger partial charge is 0.400 e. The number of halogens is 1. The third-order valence-electron chi connectivity index (χ3n) is 6.67. The highest BCUT2D eigenvalue weighted by molar-refractivity contribution is 6.16. The van der Waals surface area contributed by atoms with Crippen molar-refractivity contribution in [1.82, 2.24) is 19.9 Å². The van der Waals surface area contributed by atoms with Crippen LogP contribution >= 0.6 is 0 Å². The Labute approximate surface area is 202 Å². The minimum absolute atomic E-state index is 0.199. The number of H-pyrrole nitrogens is 1. The average molecular weight is 483 g/mol. The molecule has 3 atom stereocenters. The molecule has 3 fully saturated rings. The fourth-order valence-corrected chi connectivity index (χ4v) is 4.90. The number of amidine groups is 1. The number of hydrogen-bond donors (Lipinski definition) is 5. The van der Waals surface area contributed by atoms with Crippen molar-refractivity contribution in [1.29, 1.82) is 0 Å². The zero-order chi connectivity index (χ0) is 25.3.